The highest BCUT2D eigenvalue weighted by atomic mass is 32.2. The maximum Gasteiger partial charge on any atom is 0.335 e. The molecule has 0 aliphatic carbocycles. The zero-order valence-corrected chi connectivity index (χ0v) is 11.2. The molecule has 0 unspecified atom stereocenters. The van der Waals surface area contributed by atoms with Crippen molar-refractivity contribution in [3.8, 4) is 0 Å². The maximum atomic E-state index is 13.5. The quantitative estimate of drug-likeness (QED) is 0.810. The fourth-order valence-corrected chi connectivity index (χ4v) is 2.79. The van der Waals surface area contributed by atoms with E-state index in [1.54, 1.807) is 6.92 Å². The molecule has 1 aromatic carbocycles. The van der Waals surface area contributed by atoms with Crippen molar-refractivity contribution >= 4 is 16.0 Å². The van der Waals surface area contributed by atoms with E-state index in [0.717, 1.165) is 18.2 Å². The molecule has 0 fully saturated rings. The second kappa shape index (κ2) is 6.09. The van der Waals surface area contributed by atoms with Gasteiger partial charge in [-0.25, -0.2) is 22.3 Å². The molecule has 1 rings (SSSR count). The summed E-state index contributed by atoms with van der Waals surface area (Å²) in [5.74, 6) is -2.34. The number of carbonyl (C=O) groups is 1. The maximum absolute atomic E-state index is 13.5. The van der Waals surface area contributed by atoms with E-state index in [1.807, 2.05) is 0 Å². The molecule has 0 bridgehead atoms. The standard InChI is InChI=1S/C11H14FNO5S/c1-7(6-18-2)13-19(16,17)10-5-8(11(14)15)3-4-9(10)12/h3-5,7,13H,6H2,1-2H3,(H,14,15)/t7-/m1/s1. The molecule has 0 saturated carbocycles. The average molecular weight is 291 g/mol. The lowest BCUT2D eigenvalue weighted by Gasteiger charge is -2.13. The smallest absolute Gasteiger partial charge is 0.335 e. The number of carboxylic acid groups (broad SMARTS) is 1. The largest absolute Gasteiger partial charge is 0.478 e. The fourth-order valence-electron chi connectivity index (χ4n) is 1.45. The van der Waals surface area contributed by atoms with Gasteiger partial charge in [0.25, 0.3) is 0 Å². The Hall–Kier alpha value is -1.51. The highest BCUT2D eigenvalue weighted by Crippen LogP contribution is 2.17. The first-order valence-corrected chi connectivity index (χ1v) is 6.80. The van der Waals surface area contributed by atoms with Crippen LogP contribution in [0.4, 0.5) is 4.39 Å². The van der Waals surface area contributed by atoms with Crippen LogP contribution in [0.15, 0.2) is 23.1 Å². The normalized spacial score (nSPS) is 13.2. The third-order valence-corrected chi connectivity index (χ3v) is 3.85. The Balaban J connectivity index is 3.13. The van der Waals surface area contributed by atoms with Gasteiger partial charge in [0.1, 0.15) is 10.7 Å². The number of nitrogens with one attached hydrogen (secondary N) is 1. The molecule has 0 aliphatic heterocycles. The molecule has 1 aromatic rings. The molecular formula is C11H14FNO5S. The van der Waals surface area contributed by atoms with Crippen molar-refractivity contribution in [1.29, 1.82) is 0 Å². The molecule has 0 spiro atoms. The molecule has 0 heterocycles. The van der Waals surface area contributed by atoms with Crippen LogP contribution in [0.1, 0.15) is 17.3 Å². The molecular weight excluding hydrogens is 277 g/mol. The van der Waals surface area contributed by atoms with Crippen molar-refractivity contribution in [2.75, 3.05) is 13.7 Å². The Kier molecular flexibility index (Phi) is 4.98. The summed E-state index contributed by atoms with van der Waals surface area (Å²) in [7, 11) is -2.74. The van der Waals surface area contributed by atoms with Crippen LogP contribution in [0, 0.1) is 5.82 Å². The number of methoxy groups -OCH3 is 1. The minimum absolute atomic E-state index is 0.111. The molecule has 0 radical (unpaired) electrons. The first-order valence-electron chi connectivity index (χ1n) is 5.32. The summed E-state index contributed by atoms with van der Waals surface area (Å²) in [5.41, 5.74) is -0.304. The monoisotopic (exact) mass is 291 g/mol. The Bertz CT molecular complexity index is 572. The Labute approximate surface area is 110 Å². The Morgan fingerprint density at radius 3 is 2.68 bits per heavy atom. The van der Waals surface area contributed by atoms with Crippen molar-refractivity contribution in [3.63, 3.8) is 0 Å². The zero-order chi connectivity index (χ0) is 14.6. The van der Waals surface area contributed by atoms with Gasteiger partial charge in [0, 0.05) is 13.2 Å². The molecule has 0 aromatic heterocycles. The molecule has 8 heteroatoms. The molecule has 6 nitrogen and oxygen atoms in total. The van der Waals surface area contributed by atoms with E-state index in [-0.39, 0.29) is 12.2 Å². The van der Waals surface area contributed by atoms with E-state index in [9.17, 15) is 17.6 Å². The van der Waals surface area contributed by atoms with Gasteiger partial charge in [-0.1, -0.05) is 0 Å². The molecule has 0 saturated heterocycles. The fraction of sp³-hybridized carbons (Fsp3) is 0.364. The van der Waals surface area contributed by atoms with Gasteiger partial charge in [0.2, 0.25) is 10.0 Å². The minimum Gasteiger partial charge on any atom is -0.478 e. The SMILES string of the molecule is COC[C@@H](C)NS(=O)(=O)c1cc(C(=O)O)ccc1F. The van der Waals surface area contributed by atoms with Crippen molar-refractivity contribution in [2.24, 2.45) is 0 Å². The van der Waals surface area contributed by atoms with Crippen LogP contribution in [0.25, 0.3) is 0 Å². The van der Waals surface area contributed by atoms with Gasteiger partial charge in [-0.15, -0.1) is 0 Å². The topological polar surface area (TPSA) is 92.7 Å². The van der Waals surface area contributed by atoms with E-state index in [1.165, 1.54) is 7.11 Å². The van der Waals surface area contributed by atoms with E-state index in [4.69, 9.17) is 9.84 Å². The third kappa shape index (κ3) is 3.98. The van der Waals surface area contributed by atoms with Crippen LogP contribution >= 0.6 is 0 Å². The predicted octanol–water partition coefficient (Wildman–Crippen LogP) is 0.837. The lowest BCUT2D eigenvalue weighted by molar-refractivity contribution is 0.0696. The van der Waals surface area contributed by atoms with Gasteiger partial charge in [0.05, 0.1) is 12.2 Å². The number of halogens is 1. The van der Waals surface area contributed by atoms with Crippen molar-refractivity contribution in [2.45, 2.75) is 17.9 Å². The highest BCUT2D eigenvalue weighted by molar-refractivity contribution is 7.89. The lowest BCUT2D eigenvalue weighted by atomic mass is 10.2. The van der Waals surface area contributed by atoms with E-state index in [0.29, 0.717) is 0 Å². The summed E-state index contributed by atoms with van der Waals surface area (Å²) in [6, 6.07) is 2.01. The molecule has 0 amide bonds. The van der Waals surface area contributed by atoms with Gasteiger partial charge in [-0.2, -0.15) is 0 Å². The van der Waals surface area contributed by atoms with Gasteiger partial charge in [0.15, 0.2) is 0 Å². The van der Waals surface area contributed by atoms with Gasteiger partial charge < -0.3 is 9.84 Å². The number of benzene rings is 1. The number of hydrogen-bond donors (Lipinski definition) is 2. The lowest BCUT2D eigenvalue weighted by Crippen LogP contribution is -2.36. The van der Waals surface area contributed by atoms with Crippen LogP contribution in [0.3, 0.4) is 0 Å². The Morgan fingerprint density at radius 2 is 2.16 bits per heavy atom. The van der Waals surface area contributed by atoms with E-state index >= 15 is 0 Å². The van der Waals surface area contributed by atoms with Crippen molar-refractivity contribution < 1.29 is 27.4 Å². The van der Waals surface area contributed by atoms with Crippen LogP contribution < -0.4 is 4.72 Å². The van der Waals surface area contributed by atoms with Gasteiger partial charge in [-0.3, -0.25) is 0 Å². The number of ether oxygens (including phenoxy) is 1. The number of carboxylic acids is 1. The molecule has 19 heavy (non-hydrogen) atoms. The summed E-state index contributed by atoms with van der Waals surface area (Å²) >= 11 is 0. The number of aromatic carboxylic acids is 1. The molecule has 1 atom stereocenters. The first-order chi connectivity index (χ1) is 8.77. The molecule has 106 valence electrons. The van der Waals surface area contributed by atoms with Crippen LogP contribution in [0.5, 0.6) is 0 Å². The van der Waals surface area contributed by atoms with Crippen LogP contribution in [-0.4, -0.2) is 39.3 Å². The summed E-state index contributed by atoms with van der Waals surface area (Å²) in [5, 5.41) is 8.77. The third-order valence-electron chi connectivity index (χ3n) is 2.24. The average Bonchev–Trinajstić information content (AvgIpc) is 2.28. The van der Waals surface area contributed by atoms with Gasteiger partial charge in [-0.05, 0) is 25.1 Å². The van der Waals surface area contributed by atoms with Crippen molar-refractivity contribution in [3.05, 3.63) is 29.6 Å². The number of rotatable bonds is 6. The molecule has 2 N–H and O–H groups in total. The van der Waals surface area contributed by atoms with E-state index in [2.05, 4.69) is 4.72 Å². The zero-order valence-electron chi connectivity index (χ0n) is 10.4. The van der Waals surface area contributed by atoms with Crippen molar-refractivity contribution in [1.82, 2.24) is 4.72 Å². The predicted molar refractivity (Wildman–Crippen MR) is 65.0 cm³/mol. The number of sulfonamides is 1. The van der Waals surface area contributed by atoms with Gasteiger partial charge >= 0.3 is 5.97 Å². The number of hydrogen-bond acceptors (Lipinski definition) is 4. The summed E-state index contributed by atoms with van der Waals surface area (Å²) in [6.07, 6.45) is 0. The highest BCUT2D eigenvalue weighted by Gasteiger charge is 2.22. The second-order valence-corrected chi connectivity index (χ2v) is 5.61. The summed E-state index contributed by atoms with van der Waals surface area (Å²) in [6.45, 7) is 1.65. The minimum atomic E-state index is -4.14. The summed E-state index contributed by atoms with van der Waals surface area (Å²) < 4.78 is 44.3. The molecule has 0 aliphatic rings. The van der Waals surface area contributed by atoms with Crippen LogP contribution in [-0.2, 0) is 14.8 Å². The summed E-state index contributed by atoms with van der Waals surface area (Å²) in [4.78, 5) is 10.1. The van der Waals surface area contributed by atoms with Crippen LogP contribution in [0.2, 0.25) is 0 Å². The van der Waals surface area contributed by atoms with E-state index < -0.39 is 32.7 Å². The Morgan fingerprint density at radius 1 is 1.53 bits per heavy atom. The second-order valence-electron chi connectivity index (χ2n) is 3.93. The first kappa shape index (κ1) is 15.5.